The van der Waals surface area contributed by atoms with Crippen LogP contribution in [0.2, 0.25) is 0 Å². The number of carbonyl (C=O) groups excluding carboxylic acids is 1. The number of thiophene rings is 1. The van der Waals surface area contributed by atoms with Gasteiger partial charge in [-0.1, -0.05) is 18.6 Å². The second-order valence-corrected chi connectivity index (χ2v) is 8.37. The van der Waals surface area contributed by atoms with Crippen LogP contribution >= 0.6 is 11.3 Å². The number of amides is 1. The molecule has 25 heavy (non-hydrogen) atoms. The van der Waals surface area contributed by atoms with E-state index >= 15 is 0 Å². The lowest BCUT2D eigenvalue weighted by Gasteiger charge is -2.28. The molecule has 1 saturated carbocycles. The van der Waals surface area contributed by atoms with Crippen LogP contribution in [0.4, 0.5) is 0 Å². The van der Waals surface area contributed by atoms with E-state index in [2.05, 4.69) is 9.88 Å². The van der Waals surface area contributed by atoms with E-state index in [-0.39, 0.29) is 11.3 Å². The lowest BCUT2D eigenvalue weighted by molar-refractivity contribution is -0.130. The molecule has 0 unspecified atom stereocenters. The normalized spacial score (nSPS) is 25.3. The van der Waals surface area contributed by atoms with Crippen molar-refractivity contribution in [3.8, 4) is 0 Å². The number of ether oxygens (including phenoxy) is 1. The number of aromatic nitrogens is 1. The number of fused-ring (bicyclic) bond motifs is 1. The van der Waals surface area contributed by atoms with Crippen LogP contribution in [0.25, 0.3) is 0 Å². The van der Waals surface area contributed by atoms with Gasteiger partial charge in [-0.25, -0.2) is 0 Å². The summed E-state index contributed by atoms with van der Waals surface area (Å²) in [6.45, 7) is 3.11. The molecule has 132 valence electrons. The second-order valence-electron chi connectivity index (χ2n) is 7.34. The van der Waals surface area contributed by atoms with Gasteiger partial charge in [0.05, 0.1) is 19.6 Å². The largest absolute Gasteiger partial charge is 0.376 e. The highest BCUT2D eigenvalue weighted by atomic mass is 32.1. The fraction of sp³-hybridized carbons (Fsp3) is 0.500. The fourth-order valence-electron chi connectivity index (χ4n) is 4.37. The van der Waals surface area contributed by atoms with Crippen molar-refractivity contribution in [2.75, 3.05) is 19.7 Å². The molecule has 2 atom stereocenters. The number of hydrogen-bond acceptors (Lipinski definition) is 4. The van der Waals surface area contributed by atoms with Crippen molar-refractivity contribution >= 4 is 17.2 Å². The Morgan fingerprint density at radius 1 is 1.40 bits per heavy atom. The average Bonchev–Trinajstić information content (AvgIpc) is 3.31. The Morgan fingerprint density at radius 2 is 2.36 bits per heavy atom. The minimum atomic E-state index is 0.160. The fourth-order valence-corrected chi connectivity index (χ4v) is 5.07. The van der Waals surface area contributed by atoms with Crippen LogP contribution in [0.5, 0.6) is 0 Å². The molecule has 2 aromatic heterocycles. The van der Waals surface area contributed by atoms with Gasteiger partial charge in [0, 0.05) is 35.8 Å². The summed E-state index contributed by atoms with van der Waals surface area (Å²) in [5.41, 5.74) is 1.27. The van der Waals surface area contributed by atoms with Crippen LogP contribution < -0.4 is 0 Å². The zero-order valence-corrected chi connectivity index (χ0v) is 15.2. The van der Waals surface area contributed by atoms with Crippen molar-refractivity contribution in [2.45, 2.75) is 32.3 Å². The van der Waals surface area contributed by atoms with Crippen LogP contribution in [-0.4, -0.2) is 35.5 Å². The number of likely N-dealkylation sites (tertiary alicyclic amines) is 1. The highest BCUT2D eigenvalue weighted by Crippen LogP contribution is 2.49. The highest BCUT2D eigenvalue weighted by molar-refractivity contribution is 7.10. The molecule has 5 heteroatoms. The Labute approximate surface area is 152 Å². The second kappa shape index (κ2) is 7.26. The predicted octanol–water partition coefficient (Wildman–Crippen LogP) is 3.53. The van der Waals surface area contributed by atoms with Crippen LogP contribution in [-0.2, 0) is 22.6 Å². The Morgan fingerprint density at radius 3 is 3.16 bits per heavy atom. The van der Waals surface area contributed by atoms with Gasteiger partial charge < -0.3 is 9.64 Å². The van der Waals surface area contributed by atoms with E-state index in [0.29, 0.717) is 18.9 Å². The van der Waals surface area contributed by atoms with Crippen LogP contribution in [0, 0.1) is 11.3 Å². The molecule has 4 nitrogen and oxygen atoms in total. The third kappa shape index (κ3) is 3.62. The summed E-state index contributed by atoms with van der Waals surface area (Å²) in [5, 5.41) is 2.04. The lowest BCUT2D eigenvalue weighted by Crippen LogP contribution is -2.35. The Balaban J connectivity index is 1.36. The van der Waals surface area contributed by atoms with E-state index < -0.39 is 0 Å². The summed E-state index contributed by atoms with van der Waals surface area (Å²) < 4.78 is 6.07. The first-order chi connectivity index (χ1) is 12.3. The van der Waals surface area contributed by atoms with Gasteiger partial charge in [-0.3, -0.25) is 9.78 Å². The first-order valence-corrected chi connectivity index (χ1v) is 9.90. The predicted molar refractivity (Wildman–Crippen MR) is 98.3 cm³/mol. The average molecular weight is 356 g/mol. The molecule has 0 spiro atoms. The van der Waals surface area contributed by atoms with Crippen molar-refractivity contribution in [3.05, 3.63) is 52.5 Å². The van der Waals surface area contributed by atoms with Gasteiger partial charge in [-0.2, -0.15) is 0 Å². The molecule has 3 heterocycles. The quantitative estimate of drug-likeness (QED) is 0.795. The molecule has 1 aliphatic heterocycles. The molecule has 2 aromatic rings. The van der Waals surface area contributed by atoms with Crippen LogP contribution in [0.3, 0.4) is 0 Å². The van der Waals surface area contributed by atoms with Gasteiger partial charge in [-0.15, -0.1) is 11.3 Å². The van der Waals surface area contributed by atoms with Crippen molar-refractivity contribution < 1.29 is 9.53 Å². The van der Waals surface area contributed by atoms with Crippen LogP contribution in [0.1, 0.15) is 29.7 Å². The summed E-state index contributed by atoms with van der Waals surface area (Å²) in [7, 11) is 0. The third-order valence-corrected chi connectivity index (χ3v) is 6.56. The third-order valence-electron chi connectivity index (χ3n) is 5.68. The maximum Gasteiger partial charge on any atom is 0.227 e. The van der Waals surface area contributed by atoms with Crippen molar-refractivity contribution in [1.82, 2.24) is 9.88 Å². The van der Waals surface area contributed by atoms with Crippen molar-refractivity contribution in [3.63, 3.8) is 0 Å². The van der Waals surface area contributed by atoms with Gasteiger partial charge in [0.15, 0.2) is 0 Å². The zero-order chi connectivity index (χ0) is 17.1. The molecular formula is C20H24N2O2S. The SMILES string of the molecule is O=C(Cc1cccs1)N1C[C@@H]2CCC[C@]2(COCc2cccnc2)C1. The number of carbonyl (C=O) groups is 1. The standard InChI is InChI=1S/C20H24N2O2S/c23-19(10-18-6-3-9-25-18)22-12-17-5-1-7-20(17,14-22)15-24-13-16-4-2-8-21-11-16/h2-4,6,8-9,11,17H,1,5,7,10,12-15H2/t17-,20+/m0/s1. The van der Waals surface area contributed by atoms with Gasteiger partial charge in [0.1, 0.15) is 0 Å². The molecule has 2 aliphatic rings. The summed E-state index contributed by atoms with van der Waals surface area (Å²) in [4.78, 5) is 20.0. The van der Waals surface area contributed by atoms with Gasteiger partial charge in [-0.05, 0) is 41.8 Å². The lowest BCUT2D eigenvalue weighted by atomic mass is 9.81. The van der Waals surface area contributed by atoms with E-state index in [1.807, 2.05) is 35.8 Å². The molecule has 1 amide bonds. The van der Waals surface area contributed by atoms with Gasteiger partial charge >= 0.3 is 0 Å². The summed E-state index contributed by atoms with van der Waals surface area (Å²) in [6, 6.07) is 8.05. The number of pyridine rings is 1. The van der Waals surface area contributed by atoms with Crippen molar-refractivity contribution in [1.29, 1.82) is 0 Å². The van der Waals surface area contributed by atoms with Crippen LogP contribution in [0.15, 0.2) is 42.0 Å². The van der Waals surface area contributed by atoms with Crippen molar-refractivity contribution in [2.24, 2.45) is 11.3 Å². The first-order valence-electron chi connectivity index (χ1n) is 9.02. The Kier molecular flexibility index (Phi) is 4.86. The summed E-state index contributed by atoms with van der Waals surface area (Å²) in [5.74, 6) is 0.858. The molecule has 1 aliphatic carbocycles. The topological polar surface area (TPSA) is 42.4 Å². The monoisotopic (exact) mass is 356 g/mol. The smallest absolute Gasteiger partial charge is 0.227 e. The Hall–Kier alpha value is -1.72. The molecule has 0 N–H and O–H groups in total. The maximum atomic E-state index is 12.7. The Bertz CT molecular complexity index is 704. The van der Waals surface area contributed by atoms with E-state index in [4.69, 9.17) is 4.74 Å². The zero-order valence-electron chi connectivity index (χ0n) is 14.4. The van der Waals surface area contributed by atoms with E-state index in [0.717, 1.165) is 30.1 Å². The maximum absolute atomic E-state index is 12.7. The first kappa shape index (κ1) is 16.7. The highest BCUT2D eigenvalue weighted by Gasteiger charge is 2.50. The van der Waals surface area contributed by atoms with E-state index in [9.17, 15) is 4.79 Å². The summed E-state index contributed by atoms with van der Waals surface area (Å²) in [6.07, 6.45) is 7.83. The number of hydrogen-bond donors (Lipinski definition) is 0. The molecule has 0 radical (unpaired) electrons. The number of nitrogens with zero attached hydrogens (tertiary/aromatic N) is 2. The molecule has 2 fully saturated rings. The minimum absolute atomic E-state index is 0.160. The van der Waals surface area contributed by atoms with E-state index in [1.54, 1.807) is 17.5 Å². The number of rotatable bonds is 6. The summed E-state index contributed by atoms with van der Waals surface area (Å²) >= 11 is 1.66. The molecule has 0 bridgehead atoms. The van der Waals surface area contributed by atoms with E-state index in [1.165, 1.54) is 19.3 Å². The van der Waals surface area contributed by atoms with Gasteiger partial charge in [0.25, 0.3) is 0 Å². The molecule has 0 aromatic carbocycles. The molecular weight excluding hydrogens is 332 g/mol. The molecule has 4 rings (SSSR count). The van der Waals surface area contributed by atoms with Gasteiger partial charge in [0.2, 0.25) is 5.91 Å². The minimum Gasteiger partial charge on any atom is -0.376 e. The molecule has 1 saturated heterocycles.